The number of hydrogen-bond donors (Lipinski definition) is 1. The van der Waals surface area contributed by atoms with E-state index in [1.807, 2.05) is 24.0 Å². The summed E-state index contributed by atoms with van der Waals surface area (Å²) in [7, 11) is 2.00. The Labute approximate surface area is 217 Å². The van der Waals surface area contributed by atoms with Crippen LogP contribution in [0.4, 0.5) is 13.2 Å². The molecule has 1 aromatic carbocycles. The zero-order valence-electron chi connectivity index (χ0n) is 20.4. The number of carboxylic acids is 1. The summed E-state index contributed by atoms with van der Waals surface area (Å²) >= 11 is 1.74. The Bertz CT molecular complexity index is 1200. The number of hydrogen-bond acceptors (Lipinski definition) is 5. The Balaban J connectivity index is 0.000000405. The number of likely N-dealkylation sites (tertiary alicyclic amines) is 2. The molecule has 2 fully saturated rings. The van der Waals surface area contributed by atoms with Crippen LogP contribution in [0.1, 0.15) is 35.6 Å². The molecule has 11 heteroatoms. The van der Waals surface area contributed by atoms with Gasteiger partial charge in [-0.3, -0.25) is 14.4 Å². The van der Waals surface area contributed by atoms with Gasteiger partial charge in [0.1, 0.15) is 0 Å². The number of carbonyl (C=O) groups is 2. The molecule has 37 heavy (non-hydrogen) atoms. The number of alkyl halides is 3. The average Bonchev–Trinajstić information content (AvgIpc) is 3.59. The number of amides is 1. The van der Waals surface area contributed by atoms with Gasteiger partial charge in [0.2, 0.25) is 5.91 Å². The molecule has 0 saturated carbocycles. The van der Waals surface area contributed by atoms with E-state index in [0.29, 0.717) is 12.5 Å². The number of aliphatic carboxylic acids is 1. The lowest BCUT2D eigenvalue weighted by Crippen LogP contribution is -2.52. The molecule has 2 aliphatic heterocycles. The van der Waals surface area contributed by atoms with Gasteiger partial charge in [-0.25, -0.2) is 4.79 Å². The van der Waals surface area contributed by atoms with E-state index in [1.54, 1.807) is 11.3 Å². The van der Waals surface area contributed by atoms with E-state index >= 15 is 0 Å². The third-order valence-electron chi connectivity index (χ3n) is 7.04. The maximum Gasteiger partial charge on any atom is 0.490 e. The predicted molar refractivity (Wildman–Crippen MR) is 133 cm³/mol. The Kier molecular flexibility index (Phi) is 8.03. The Morgan fingerprint density at radius 2 is 1.89 bits per heavy atom. The van der Waals surface area contributed by atoms with Crippen LogP contribution in [0.3, 0.4) is 0 Å². The smallest absolute Gasteiger partial charge is 0.475 e. The molecular formula is C26H29F3N4O3S. The van der Waals surface area contributed by atoms with Crippen molar-refractivity contribution in [1.29, 1.82) is 0 Å². The van der Waals surface area contributed by atoms with Crippen molar-refractivity contribution in [1.82, 2.24) is 19.6 Å². The summed E-state index contributed by atoms with van der Waals surface area (Å²) in [5.41, 5.74) is 3.35. The van der Waals surface area contributed by atoms with Gasteiger partial charge in [-0.15, -0.1) is 0 Å². The molecule has 2 atom stereocenters. The minimum Gasteiger partial charge on any atom is -0.475 e. The number of aryl methyl sites for hydroxylation is 1. The van der Waals surface area contributed by atoms with Crippen molar-refractivity contribution in [2.24, 2.45) is 12.5 Å². The summed E-state index contributed by atoms with van der Waals surface area (Å²) in [5, 5.41) is 15.9. The molecule has 0 unspecified atom stereocenters. The van der Waals surface area contributed by atoms with Gasteiger partial charge in [0.05, 0.1) is 5.41 Å². The SMILES string of the molecule is Cn1nccc1[C@@H]1CN(Cc2ccsc2)C[C@]12CCCN(Cc1ccccc1)C2=O.O=C(O)C(F)(F)F. The van der Waals surface area contributed by atoms with E-state index < -0.39 is 12.1 Å². The van der Waals surface area contributed by atoms with E-state index in [2.05, 4.69) is 62.1 Å². The molecule has 2 saturated heterocycles. The highest BCUT2D eigenvalue weighted by Gasteiger charge is 2.55. The summed E-state index contributed by atoms with van der Waals surface area (Å²) in [6, 6.07) is 14.7. The van der Waals surface area contributed by atoms with Crippen molar-refractivity contribution in [3.8, 4) is 0 Å². The third kappa shape index (κ3) is 6.04. The van der Waals surface area contributed by atoms with Crippen molar-refractivity contribution in [3.05, 3.63) is 76.2 Å². The Hall–Kier alpha value is -3.18. The topological polar surface area (TPSA) is 78.7 Å². The van der Waals surface area contributed by atoms with E-state index in [9.17, 15) is 18.0 Å². The molecule has 2 aliphatic rings. The van der Waals surface area contributed by atoms with Crippen LogP contribution in [0.2, 0.25) is 0 Å². The van der Waals surface area contributed by atoms with Crippen molar-refractivity contribution in [2.75, 3.05) is 19.6 Å². The number of carbonyl (C=O) groups excluding carboxylic acids is 1. The first-order valence-corrected chi connectivity index (χ1v) is 12.9. The van der Waals surface area contributed by atoms with Gasteiger partial charge in [-0.1, -0.05) is 30.3 Å². The standard InChI is InChI=1S/C24H28N4OS.C2HF3O2/c1-26-22(8-11-25-26)21-16-27(14-20-9-13-30-17-20)18-24(21)10-5-12-28(23(24)29)15-19-6-3-2-4-7-19;3-2(4,5)1(6)7/h2-4,6-9,11,13,17,21H,5,10,12,14-16,18H2,1H3;(H,6,7)/t21-,24+;/m0./s1. The summed E-state index contributed by atoms with van der Waals surface area (Å²) < 4.78 is 33.7. The largest absolute Gasteiger partial charge is 0.490 e. The number of halogens is 3. The normalized spacial score (nSPS) is 22.2. The lowest BCUT2D eigenvalue weighted by molar-refractivity contribution is -0.192. The first kappa shape index (κ1) is 26.9. The minimum atomic E-state index is -5.08. The molecule has 3 aromatic rings. The van der Waals surface area contributed by atoms with Crippen LogP contribution < -0.4 is 0 Å². The maximum absolute atomic E-state index is 14.0. The number of rotatable bonds is 5. The van der Waals surface area contributed by atoms with Crippen LogP contribution in [0, 0.1) is 5.41 Å². The predicted octanol–water partition coefficient (Wildman–Crippen LogP) is 4.52. The van der Waals surface area contributed by atoms with Crippen LogP contribution in [0.25, 0.3) is 0 Å². The van der Waals surface area contributed by atoms with Crippen LogP contribution in [-0.2, 0) is 29.7 Å². The second-order valence-electron chi connectivity index (χ2n) is 9.51. The van der Waals surface area contributed by atoms with Crippen LogP contribution in [0.5, 0.6) is 0 Å². The molecule has 0 radical (unpaired) electrons. The van der Waals surface area contributed by atoms with Crippen molar-refractivity contribution in [3.63, 3.8) is 0 Å². The fourth-order valence-corrected chi connectivity index (χ4v) is 6.06. The number of aromatic nitrogens is 2. The molecule has 198 valence electrons. The van der Waals surface area contributed by atoms with Gasteiger partial charge in [-0.2, -0.15) is 29.6 Å². The lowest BCUT2D eigenvalue weighted by atomic mass is 9.70. The van der Waals surface area contributed by atoms with E-state index in [1.165, 1.54) is 16.8 Å². The van der Waals surface area contributed by atoms with E-state index in [0.717, 1.165) is 39.0 Å². The highest BCUT2D eigenvalue weighted by atomic mass is 32.1. The van der Waals surface area contributed by atoms with Gasteiger partial charge < -0.3 is 10.0 Å². The summed E-state index contributed by atoms with van der Waals surface area (Å²) in [6.07, 6.45) is -1.22. The molecule has 2 aromatic heterocycles. The fraction of sp³-hybridized carbons (Fsp3) is 0.423. The van der Waals surface area contributed by atoms with Gasteiger partial charge >= 0.3 is 12.1 Å². The summed E-state index contributed by atoms with van der Waals surface area (Å²) in [4.78, 5) is 27.5. The van der Waals surface area contributed by atoms with E-state index in [4.69, 9.17) is 9.90 Å². The number of benzene rings is 1. The zero-order chi connectivity index (χ0) is 26.6. The summed E-state index contributed by atoms with van der Waals surface area (Å²) in [6.45, 7) is 4.18. The number of carboxylic acid groups (broad SMARTS) is 1. The van der Waals surface area contributed by atoms with Crippen molar-refractivity contribution < 1.29 is 27.9 Å². The first-order valence-electron chi connectivity index (χ1n) is 11.9. The van der Waals surface area contributed by atoms with Crippen LogP contribution >= 0.6 is 11.3 Å². The second-order valence-corrected chi connectivity index (χ2v) is 10.3. The number of thiophene rings is 1. The molecule has 0 aliphatic carbocycles. The molecular weight excluding hydrogens is 505 g/mol. The molecule has 4 heterocycles. The zero-order valence-corrected chi connectivity index (χ0v) is 21.2. The molecule has 1 amide bonds. The molecule has 1 N–H and O–H groups in total. The van der Waals surface area contributed by atoms with Gasteiger partial charge in [-0.05, 0) is 46.9 Å². The van der Waals surface area contributed by atoms with Crippen molar-refractivity contribution >= 4 is 23.2 Å². The second kappa shape index (κ2) is 11.1. The van der Waals surface area contributed by atoms with E-state index in [-0.39, 0.29) is 11.3 Å². The average molecular weight is 535 g/mol. The van der Waals surface area contributed by atoms with Gasteiger partial charge in [0.15, 0.2) is 0 Å². The maximum atomic E-state index is 14.0. The van der Waals surface area contributed by atoms with Crippen LogP contribution in [0.15, 0.2) is 59.4 Å². The number of piperidine rings is 1. The quantitative estimate of drug-likeness (QED) is 0.521. The van der Waals surface area contributed by atoms with Gasteiger partial charge in [0.25, 0.3) is 0 Å². The lowest BCUT2D eigenvalue weighted by Gasteiger charge is -2.42. The first-order chi connectivity index (χ1) is 17.6. The Morgan fingerprint density at radius 1 is 1.16 bits per heavy atom. The minimum absolute atomic E-state index is 0.176. The highest BCUT2D eigenvalue weighted by molar-refractivity contribution is 7.07. The van der Waals surface area contributed by atoms with Crippen molar-refractivity contribution in [2.45, 2.75) is 38.0 Å². The third-order valence-corrected chi connectivity index (χ3v) is 7.77. The highest BCUT2D eigenvalue weighted by Crippen LogP contribution is 2.49. The molecule has 5 rings (SSSR count). The number of nitrogens with zero attached hydrogens (tertiary/aromatic N) is 4. The summed E-state index contributed by atoms with van der Waals surface area (Å²) in [5.74, 6) is -2.26. The van der Waals surface area contributed by atoms with Crippen LogP contribution in [-0.4, -0.2) is 62.4 Å². The van der Waals surface area contributed by atoms with Gasteiger partial charge in [0, 0.05) is 57.6 Å². The molecule has 1 spiro atoms. The Morgan fingerprint density at radius 3 is 2.49 bits per heavy atom. The fourth-order valence-electron chi connectivity index (χ4n) is 5.40. The monoisotopic (exact) mass is 534 g/mol. The molecule has 0 bridgehead atoms. The molecule has 7 nitrogen and oxygen atoms in total.